The third kappa shape index (κ3) is 3.59. The number of anilines is 1. The summed E-state index contributed by atoms with van der Waals surface area (Å²) >= 11 is 0. The second kappa shape index (κ2) is 7.14. The Kier molecular flexibility index (Phi) is 4.75. The normalized spacial score (nSPS) is 19.0. The number of aromatic nitrogens is 1. The number of nitrogens with two attached hydrogens (primary N) is 1. The molecule has 0 bridgehead atoms. The molecular weight excluding hydrogens is 344 g/mol. The maximum Gasteiger partial charge on any atom is 0.282 e. The molecule has 0 fully saturated rings. The Hall–Kier alpha value is -3.54. The Morgan fingerprint density at radius 2 is 2.19 bits per heavy atom. The number of amides is 1. The van der Waals surface area contributed by atoms with Crippen LogP contribution < -0.4 is 11.1 Å². The van der Waals surface area contributed by atoms with E-state index in [0.29, 0.717) is 5.56 Å². The van der Waals surface area contributed by atoms with Gasteiger partial charge in [0.25, 0.3) is 11.9 Å². The van der Waals surface area contributed by atoms with Crippen molar-refractivity contribution in [3.05, 3.63) is 59.2 Å². The number of benzene rings is 1. The summed E-state index contributed by atoms with van der Waals surface area (Å²) in [5, 5.41) is 11.3. The number of rotatable bonds is 3. The zero-order chi connectivity index (χ0) is 18.7. The number of hydrogen-bond donors (Lipinski definition) is 2. The van der Waals surface area contributed by atoms with Crippen LogP contribution >= 0.6 is 0 Å². The molecule has 2 aromatic rings. The van der Waals surface area contributed by atoms with Crippen LogP contribution in [0.3, 0.4) is 0 Å². The standard InChI is InChI=1S/C17H13F2N5O2/c18-12-3-2-10(5-11(12)15-13(19)8-26-17(21)24-15)23-16(25)14-4-1-9(6-20)7-22-14/h1-5,7,13,15H,8H2,(H2,21,24)(H,23,25). The largest absolute Gasteiger partial charge is 0.462 e. The summed E-state index contributed by atoms with van der Waals surface area (Å²) in [6.45, 7) is -0.328. The van der Waals surface area contributed by atoms with E-state index in [-0.39, 0.29) is 29.6 Å². The number of alkyl halides is 1. The molecule has 2 unspecified atom stereocenters. The average Bonchev–Trinajstić information content (AvgIpc) is 2.65. The van der Waals surface area contributed by atoms with E-state index in [0.717, 1.165) is 6.07 Å². The first-order valence-electron chi connectivity index (χ1n) is 7.55. The Morgan fingerprint density at radius 3 is 2.88 bits per heavy atom. The molecule has 26 heavy (non-hydrogen) atoms. The number of ether oxygens (including phenoxy) is 1. The van der Waals surface area contributed by atoms with Gasteiger partial charge in [0.15, 0.2) is 6.17 Å². The fraction of sp³-hybridized carbons (Fsp3) is 0.176. The van der Waals surface area contributed by atoms with Crippen LogP contribution in [0.2, 0.25) is 0 Å². The average molecular weight is 357 g/mol. The number of nitrogens with one attached hydrogen (secondary N) is 1. The molecule has 0 aliphatic carbocycles. The lowest BCUT2D eigenvalue weighted by atomic mass is 10.0. The van der Waals surface area contributed by atoms with Gasteiger partial charge < -0.3 is 15.8 Å². The Labute approximate surface area is 147 Å². The van der Waals surface area contributed by atoms with Gasteiger partial charge in [-0.25, -0.2) is 18.8 Å². The third-order valence-corrected chi connectivity index (χ3v) is 3.70. The number of carbonyl (C=O) groups excluding carboxylic acids is 1. The minimum atomic E-state index is -1.57. The van der Waals surface area contributed by atoms with Gasteiger partial charge in [0.2, 0.25) is 0 Å². The number of carbonyl (C=O) groups is 1. The highest BCUT2D eigenvalue weighted by Gasteiger charge is 2.30. The molecule has 1 aliphatic heterocycles. The van der Waals surface area contributed by atoms with Crippen molar-refractivity contribution in [2.75, 3.05) is 11.9 Å². The summed E-state index contributed by atoms with van der Waals surface area (Å²) in [5.41, 5.74) is 6.01. The molecule has 1 amide bonds. The molecule has 3 rings (SSSR count). The molecule has 1 aromatic heterocycles. The molecule has 132 valence electrons. The zero-order valence-electron chi connectivity index (χ0n) is 13.3. The molecule has 0 saturated heterocycles. The fourth-order valence-electron chi connectivity index (χ4n) is 2.41. The quantitative estimate of drug-likeness (QED) is 0.873. The van der Waals surface area contributed by atoms with Gasteiger partial charge in [-0.3, -0.25) is 4.79 Å². The number of amidine groups is 1. The molecule has 7 nitrogen and oxygen atoms in total. The van der Waals surface area contributed by atoms with E-state index in [2.05, 4.69) is 15.3 Å². The van der Waals surface area contributed by atoms with E-state index < -0.39 is 23.9 Å². The Bertz CT molecular complexity index is 908. The highest BCUT2D eigenvalue weighted by molar-refractivity contribution is 6.02. The first-order valence-corrected chi connectivity index (χ1v) is 7.55. The van der Waals surface area contributed by atoms with Crippen LogP contribution in [-0.4, -0.2) is 29.7 Å². The number of aliphatic imine (C=N–C) groups is 1. The maximum atomic E-state index is 14.1. The van der Waals surface area contributed by atoms with Crippen LogP contribution in [0.4, 0.5) is 14.5 Å². The SMILES string of the molecule is N#Cc1ccc(C(=O)Nc2ccc(F)c(C3N=C(N)OCC3F)c2)nc1. The first-order chi connectivity index (χ1) is 12.5. The van der Waals surface area contributed by atoms with Crippen LogP contribution in [0.5, 0.6) is 0 Å². The lowest BCUT2D eigenvalue weighted by molar-refractivity contribution is 0.102. The number of nitrogens with zero attached hydrogens (tertiary/aromatic N) is 3. The minimum absolute atomic E-state index is 0.0469. The highest BCUT2D eigenvalue weighted by Crippen LogP contribution is 2.30. The number of halogens is 2. The number of nitriles is 1. The molecule has 2 atom stereocenters. The smallest absolute Gasteiger partial charge is 0.282 e. The summed E-state index contributed by atoms with van der Waals surface area (Å²) in [4.78, 5) is 19.9. The highest BCUT2D eigenvalue weighted by atomic mass is 19.1. The van der Waals surface area contributed by atoms with E-state index in [1.54, 1.807) is 0 Å². The lowest BCUT2D eigenvalue weighted by Crippen LogP contribution is -2.32. The number of pyridine rings is 1. The molecule has 1 aromatic carbocycles. The van der Waals surface area contributed by atoms with Gasteiger partial charge in [-0.05, 0) is 30.3 Å². The molecule has 9 heteroatoms. The topological polar surface area (TPSA) is 113 Å². The van der Waals surface area contributed by atoms with E-state index in [4.69, 9.17) is 15.7 Å². The van der Waals surface area contributed by atoms with Crippen molar-refractivity contribution in [1.82, 2.24) is 4.98 Å². The van der Waals surface area contributed by atoms with Gasteiger partial charge in [-0.15, -0.1) is 0 Å². The summed E-state index contributed by atoms with van der Waals surface area (Å²) in [7, 11) is 0. The predicted molar refractivity (Wildman–Crippen MR) is 88.5 cm³/mol. The van der Waals surface area contributed by atoms with Gasteiger partial charge in [0.05, 0.1) is 5.56 Å². The summed E-state index contributed by atoms with van der Waals surface area (Å²) in [5.74, 6) is -1.23. The van der Waals surface area contributed by atoms with E-state index in [9.17, 15) is 13.6 Å². The van der Waals surface area contributed by atoms with Crippen LogP contribution in [-0.2, 0) is 4.74 Å². The van der Waals surface area contributed by atoms with Crippen molar-refractivity contribution < 1.29 is 18.3 Å². The predicted octanol–water partition coefficient (Wildman–Crippen LogP) is 2.07. The Morgan fingerprint density at radius 1 is 1.38 bits per heavy atom. The fourth-order valence-corrected chi connectivity index (χ4v) is 2.41. The van der Waals surface area contributed by atoms with Crippen molar-refractivity contribution in [1.29, 1.82) is 5.26 Å². The molecule has 2 heterocycles. The van der Waals surface area contributed by atoms with Crippen molar-refractivity contribution >= 4 is 17.6 Å². The molecular formula is C17H13F2N5O2. The zero-order valence-corrected chi connectivity index (χ0v) is 13.3. The second-order valence-corrected chi connectivity index (χ2v) is 5.47. The Balaban J connectivity index is 1.84. The van der Waals surface area contributed by atoms with Crippen LogP contribution in [0.25, 0.3) is 0 Å². The molecule has 3 N–H and O–H groups in total. The van der Waals surface area contributed by atoms with E-state index in [1.165, 1.54) is 30.5 Å². The first kappa shape index (κ1) is 17.3. The molecule has 0 saturated carbocycles. The summed E-state index contributed by atoms with van der Waals surface area (Å²) in [6.07, 6.45) is -0.305. The van der Waals surface area contributed by atoms with Gasteiger partial charge >= 0.3 is 0 Å². The van der Waals surface area contributed by atoms with Crippen molar-refractivity contribution in [3.8, 4) is 6.07 Å². The van der Waals surface area contributed by atoms with Crippen LogP contribution in [0, 0.1) is 17.1 Å². The van der Waals surface area contributed by atoms with E-state index >= 15 is 0 Å². The van der Waals surface area contributed by atoms with Crippen molar-refractivity contribution in [2.24, 2.45) is 10.7 Å². The van der Waals surface area contributed by atoms with Gasteiger partial charge in [0.1, 0.15) is 30.2 Å². The minimum Gasteiger partial charge on any atom is -0.462 e. The van der Waals surface area contributed by atoms with E-state index in [1.807, 2.05) is 6.07 Å². The lowest BCUT2D eigenvalue weighted by Gasteiger charge is -2.24. The maximum absolute atomic E-state index is 14.1. The van der Waals surface area contributed by atoms with Crippen molar-refractivity contribution in [3.63, 3.8) is 0 Å². The second-order valence-electron chi connectivity index (χ2n) is 5.47. The van der Waals surface area contributed by atoms with Gasteiger partial charge in [0, 0.05) is 17.4 Å². The van der Waals surface area contributed by atoms with Crippen LogP contribution in [0.1, 0.15) is 27.7 Å². The van der Waals surface area contributed by atoms with Crippen molar-refractivity contribution in [2.45, 2.75) is 12.2 Å². The summed E-state index contributed by atoms with van der Waals surface area (Å²) < 4.78 is 32.9. The third-order valence-electron chi connectivity index (χ3n) is 3.70. The number of hydrogen-bond acceptors (Lipinski definition) is 6. The summed E-state index contributed by atoms with van der Waals surface area (Å²) in [6, 6.07) is 7.08. The molecule has 1 aliphatic rings. The monoisotopic (exact) mass is 357 g/mol. The molecule has 0 radical (unpaired) electrons. The van der Waals surface area contributed by atoms with Crippen LogP contribution in [0.15, 0.2) is 41.5 Å². The van der Waals surface area contributed by atoms with Gasteiger partial charge in [-0.1, -0.05) is 0 Å². The van der Waals surface area contributed by atoms with Gasteiger partial charge in [-0.2, -0.15) is 5.26 Å². The molecule has 0 spiro atoms.